The molecule has 0 amide bonds. The lowest BCUT2D eigenvalue weighted by Crippen LogP contribution is -2.66. The van der Waals surface area contributed by atoms with Crippen molar-refractivity contribution in [2.45, 2.75) is 177 Å². The second-order valence-corrected chi connectivity index (χ2v) is 22.2. The number of allylic oxidation sites excluding steroid dienone is 1. The number of nitrogens with zero attached hydrogens (tertiary/aromatic N) is 2. The van der Waals surface area contributed by atoms with E-state index in [0.717, 1.165) is 70.0 Å². The molecule has 5 fully saturated rings. The van der Waals surface area contributed by atoms with Gasteiger partial charge in [0.25, 0.3) is 0 Å². The molecule has 6 rings (SSSR count). The van der Waals surface area contributed by atoms with Gasteiger partial charge in [-0.3, -0.25) is 19.3 Å². The summed E-state index contributed by atoms with van der Waals surface area (Å²) in [6.07, 6.45) is 13.8. The van der Waals surface area contributed by atoms with Gasteiger partial charge in [0.2, 0.25) is 0 Å². The second-order valence-electron chi connectivity index (χ2n) is 22.2. The average molecular weight is 767 g/mol. The lowest BCUT2D eigenvalue weighted by atomic mass is 9.33. The molecule has 2 N–H and O–H groups in total. The number of fused-ring (bicyclic) bond motifs is 7. The number of ketones is 1. The molecule has 312 valence electrons. The van der Waals surface area contributed by atoms with Crippen LogP contribution in [0.4, 0.5) is 0 Å². The molecule has 0 heterocycles. The molecule has 0 radical (unpaired) electrons. The Morgan fingerprint density at radius 3 is 2.15 bits per heavy atom. The summed E-state index contributed by atoms with van der Waals surface area (Å²) in [6.45, 7) is 22.5. The summed E-state index contributed by atoms with van der Waals surface area (Å²) in [5.41, 5.74) is 0.699. The number of Topliss-reactive ketones (excluding diaryl/α,β-unsaturated/α-hetero) is 1. The van der Waals surface area contributed by atoms with E-state index in [2.05, 4.69) is 72.4 Å². The molecule has 0 bridgehead atoms. The molecule has 0 saturated heterocycles. The number of ether oxygens (including phenoxy) is 1. The molecule has 55 heavy (non-hydrogen) atoms. The van der Waals surface area contributed by atoms with Crippen molar-refractivity contribution in [3.63, 3.8) is 0 Å². The van der Waals surface area contributed by atoms with Crippen LogP contribution in [0.25, 0.3) is 0 Å². The fourth-order valence-corrected chi connectivity index (χ4v) is 14.5. The summed E-state index contributed by atoms with van der Waals surface area (Å²) in [7, 11) is 4.28. The van der Waals surface area contributed by atoms with Crippen molar-refractivity contribution in [3.8, 4) is 0 Å². The van der Waals surface area contributed by atoms with Crippen LogP contribution in [0.3, 0.4) is 0 Å². The van der Waals surface area contributed by atoms with E-state index >= 15 is 0 Å². The SMILES string of the molecule is CC(C)C1=C2[C@H]3CC[C@@H]4[C@@]5(C)CC[C@H](OC(=O)CC(C)(C)C(=O)O)C(C)(C)[C@@H]5CC[C@@]4(C)[C@]3(C)CC[C@@]2(C(O)CN(CCN(C)C)C2CCCCC2)CC1=O. The van der Waals surface area contributed by atoms with Crippen molar-refractivity contribution in [2.24, 2.45) is 56.2 Å². The van der Waals surface area contributed by atoms with E-state index in [1.54, 1.807) is 13.8 Å². The zero-order valence-electron chi connectivity index (χ0n) is 36.7. The summed E-state index contributed by atoms with van der Waals surface area (Å²) in [5.74, 6) is 0.214. The highest BCUT2D eigenvalue weighted by atomic mass is 16.5. The van der Waals surface area contributed by atoms with Gasteiger partial charge in [-0.25, -0.2) is 0 Å². The molecule has 0 spiro atoms. The van der Waals surface area contributed by atoms with Gasteiger partial charge in [-0.1, -0.05) is 73.3 Å². The maximum Gasteiger partial charge on any atom is 0.309 e. The Hall–Kier alpha value is -1.77. The molecule has 0 aromatic heterocycles. The largest absolute Gasteiger partial charge is 0.481 e. The quantitative estimate of drug-likeness (QED) is 0.190. The first-order valence-corrected chi connectivity index (χ1v) is 22.3. The smallest absolute Gasteiger partial charge is 0.309 e. The summed E-state index contributed by atoms with van der Waals surface area (Å²) >= 11 is 0. The third-order valence-electron chi connectivity index (χ3n) is 17.8. The maximum absolute atomic E-state index is 14.3. The Morgan fingerprint density at radius 2 is 1.53 bits per heavy atom. The predicted octanol–water partition coefficient (Wildman–Crippen LogP) is 8.94. The van der Waals surface area contributed by atoms with Crippen molar-refractivity contribution in [3.05, 3.63) is 11.1 Å². The number of aliphatic hydroxyl groups is 1. The number of likely N-dealkylation sites (N-methyl/N-ethyl adjacent to an activating group) is 1. The van der Waals surface area contributed by atoms with E-state index < -0.39 is 28.9 Å². The van der Waals surface area contributed by atoms with Gasteiger partial charge in [0.05, 0.1) is 17.9 Å². The van der Waals surface area contributed by atoms with Crippen LogP contribution in [0.15, 0.2) is 11.1 Å². The van der Waals surface area contributed by atoms with E-state index in [1.807, 2.05) is 0 Å². The standard InChI is InChI=1S/C47H78N2O6/c1-30(2)39-33(50)27-47(36(51)29-49(26-25-48(10)11)31-15-13-12-14-16-31)24-23-45(8)32(40(39)47)17-18-35-44(7)21-20-37(55-38(52)28-42(3,4)41(53)54)43(5,6)34(44)19-22-46(35,45)9/h30-32,34-37,51H,12-29H2,1-11H3,(H,53,54)/t32-,34+,35-,36?,37+,44+,45-,46-,47+/m1/s1. The first-order valence-electron chi connectivity index (χ1n) is 22.3. The number of esters is 1. The van der Waals surface area contributed by atoms with E-state index in [4.69, 9.17) is 4.74 Å². The van der Waals surface area contributed by atoms with Crippen molar-refractivity contribution in [1.82, 2.24) is 9.80 Å². The van der Waals surface area contributed by atoms with Gasteiger partial charge >= 0.3 is 11.9 Å². The van der Waals surface area contributed by atoms with Gasteiger partial charge in [-0.2, -0.15) is 0 Å². The van der Waals surface area contributed by atoms with Crippen molar-refractivity contribution in [2.75, 3.05) is 33.7 Å². The number of hydrogen-bond donors (Lipinski definition) is 2. The van der Waals surface area contributed by atoms with Crippen LogP contribution < -0.4 is 0 Å². The summed E-state index contributed by atoms with van der Waals surface area (Å²) in [6, 6.07) is 0.507. The minimum absolute atomic E-state index is 0.0110. The van der Waals surface area contributed by atoms with Gasteiger partial charge < -0.3 is 19.8 Å². The van der Waals surface area contributed by atoms with Gasteiger partial charge in [0.15, 0.2) is 5.78 Å². The molecule has 8 nitrogen and oxygen atoms in total. The monoisotopic (exact) mass is 767 g/mol. The van der Waals surface area contributed by atoms with Crippen LogP contribution in [0.5, 0.6) is 0 Å². The number of carboxylic acids is 1. The third-order valence-corrected chi connectivity index (χ3v) is 17.8. The predicted molar refractivity (Wildman–Crippen MR) is 218 cm³/mol. The number of carboxylic acid groups (broad SMARTS) is 1. The Balaban J connectivity index is 1.29. The van der Waals surface area contributed by atoms with Gasteiger partial charge in [-0.05, 0) is 138 Å². The molecule has 0 aromatic rings. The van der Waals surface area contributed by atoms with Crippen LogP contribution in [-0.2, 0) is 19.1 Å². The summed E-state index contributed by atoms with van der Waals surface area (Å²) in [5, 5.41) is 22.4. The number of aliphatic carboxylic acids is 1. The third kappa shape index (κ3) is 7.10. The van der Waals surface area contributed by atoms with E-state index in [-0.39, 0.29) is 51.8 Å². The van der Waals surface area contributed by atoms with Crippen LogP contribution in [0.1, 0.15) is 159 Å². The number of carbonyl (C=O) groups excluding carboxylic acids is 2. The van der Waals surface area contributed by atoms with Crippen molar-refractivity contribution >= 4 is 17.7 Å². The molecule has 6 aliphatic carbocycles. The van der Waals surface area contributed by atoms with Crippen LogP contribution >= 0.6 is 0 Å². The first-order chi connectivity index (χ1) is 25.5. The molecule has 6 aliphatic rings. The lowest BCUT2D eigenvalue weighted by Gasteiger charge is -2.72. The minimum Gasteiger partial charge on any atom is -0.481 e. The fraction of sp³-hybridized carbons (Fsp3) is 0.894. The lowest BCUT2D eigenvalue weighted by molar-refractivity contribution is -0.235. The van der Waals surface area contributed by atoms with Crippen LogP contribution in [-0.4, -0.2) is 89.7 Å². The second kappa shape index (κ2) is 15.1. The zero-order valence-corrected chi connectivity index (χ0v) is 36.7. The minimum atomic E-state index is -1.16. The fourth-order valence-electron chi connectivity index (χ4n) is 14.5. The van der Waals surface area contributed by atoms with Crippen molar-refractivity contribution in [1.29, 1.82) is 0 Å². The molecular weight excluding hydrogens is 689 g/mol. The Morgan fingerprint density at radius 1 is 0.855 bits per heavy atom. The van der Waals surface area contributed by atoms with Crippen LogP contribution in [0.2, 0.25) is 0 Å². The Labute approximate surface area is 334 Å². The molecule has 0 aliphatic heterocycles. The molecular formula is C47H78N2O6. The van der Waals surface area contributed by atoms with E-state index in [0.29, 0.717) is 30.8 Å². The maximum atomic E-state index is 14.3. The Bertz CT molecular complexity index is 1510. The average Bonchev–Trinajstić information content (AvgIpc) is 3.41. The molecule has 9 atom stereocenters. The zero-order chi connectivity index (χ0) is 40.5. The molecule has 0 aromatic carbocycles. The highest BCUT2D eigenvalue weighted by Gasteiger charge is 2.71. The van der Waals surface area contributed by atoms with Gasteiger partial charge in [0.1, 0.15) is 6.10 Å². The number of rotatable bonds is 12. The topological polar surface area (TPSA) is 107 Å². The molecule has 5 saturated carbocycles. The van der Waals surface area contributed by atoms with E-state index in [9.17, 15) is 24.6 Å². The van der Waals surface area contributed by atoms with Crippen LogP contribution in [0, 0.1) is 56.2 Å². The highest BCUT2D eigenvalue weighted by Crippen LogP contribution is 2.77. The normalized spacial score (nSPS) is 38.4. The number of carbonyl (C=O) groups is 3. The molecule has 1 unspecified atom stereocenters. The first kappa shape index (κ1) is 42.8. The Kier molecular flexibility index (Phi) is 11.8. The van der Waals surface area contributed by atoms with E-state index in [1.165, 1.54) is 37.7 Å². The van der Waals surface area contributed by atoms with Gasteiger partial charge in [0, 0.05) is 42.9 Å². The highest BCUT2D eigenvalue weighted by molar-refractivity contribution is 6.00. The summed E-state index contributed by atoms with van der Waals surface area (Å²) < 4.78 is 6.20. The molecule has 8 heteroatoms. The number of aliphatic hydroxyl groups excluding tert-OH is 1. The number of hydrogen-bond acceptors (Lipinski definition) is 7. The van der Waals surface area contributed by atoms with Crippen molar-refractivity contribution < 1.29 is 29.3 Å². The van der Waals surface area contributed by atoms with Gasteiger partial charge in [-0.15, -0.1) is 0 Å². The summed E-state index contributed by atoms with van der Waals surface area (Å²) in [4.78, 5) is 44.1.